The molecule has 7 nitrogen and oxygen atoms in total. The van der Waals surface area contributed by atoms with Crippen LogP contribution in [0.5, 0.6) is 0 Å². The molecule has 0 bridgehead atoms. The van der Waals surface area contributed by atoms with Crippen molar-refractivity contribution in [2.24, 2.45) is 0 Å². The van der Waals surface area contributed by atoms with E-state index in [1.165, 1.54) is 7.11 Å². The van der Waals surface area contributed by atoms with Gasteiger partial charge in [-0.05, 0) is 32.9 Å². The number of nitriles is 1. The number of nitrogens with zero attached hydrogens (tertiary/aromatic N) is 3. The fourth-order valence-electron chi connectivity index (χ4n) is 2.83. The number of rotatable bonds is 5. The van der Waals surface area contributed by atoms with Crippen molar-refractivity contribution in [1.29, 1.82) is 5.26 Å². The summed E-state index contributed by atoms with van der Waals surface area (Å²) in [7, 11) is 1.49. The number of anilines is 1. The van der Waals surface area contributed by atoms with E-state index < -0.39 is 11.4 Å². The Morgan fingerprint density at radius 1 is 1.54 bits per heavy atom. The first-order valence-electron chi connectivity index (χ1n) is 7.96. The molecule has 130 valence electrons. The van der Waals surface area contributed by atoms with E-state index in [1.54, 1.807) is 19.2 Å². The molecule has 1 aromatic rings. The topological polar surface area (TPSA) is 87.5 Å². The van der Waals surface area contributed by atoms with E-state index in [4.69, 9.17) is 9.47 Å². The second-order valence-electron chi connectivity index (χ2n) is 6.39. The summed E-state index contributed by atoms with van der Waals surface area (Å²) in [5.41, 5.74) is 0.102. The Labute approximate surface area is 142 Å². The summed E-state index contributed by atoms with van der Waals surface area (Å²) < 4.78 is 10.7. The summed E-state index contributed by atoms with van der Waals surface area (Å²) in [5.74, 6) is -0.396. The molecule has 0 aromatic carbocycles. The number of carbonyl (C=O) groups is 1. The van der Waals surface area contributed by atoms with Crippen LogP contribution in [0.3, 0.4) is 0 Å². The van der Waals surface area contributed by atoms with Crippen LogP contribution >= 0.6 is 0 Å². The van der Waals surface area contributed by atoms with Gasteiger partial charge in [0.25, 0.3) is 5.91 Å². The van der Waals surface area contributed by atoms with Gasteiger partial charge in [0.15, 0.2) is 0 Å². The average molecular weight is 332 g/mol. The SMILES string of the molecule is COCC(C)(C#N)NC(=O)c1cc(N2CC(C)OC(C)C2)ccn1. The first-order valence-corrected chi connectivity index (χ1v) is 7.96. The molecule has 1 aromatic heterocycles. The van der Waals surface area contributed by atoms with E-state index in [0.717, 1.165) is 18.8 Å². The minimum Gasteiger partial charge on any atom is -0.381 e. The van der Waals surface area contributed by atoms with Crippen LogP contribution in [-0.4, -0.2) is 55.4 Å². The van der Waals surface area contributed by atoms with Crippen LogP contribution in [-0.2, 0) is 9.47 Å². The van der Waals surface area contributed by atoms with Crippen LogP contribution in [0.15, 0.2) is 18.3 Å². The Balaban J connectivity index is 2.15. The van der Waals surface area contributed by atoms with Crippen LogP contribution < -0.4 is 10.2 Å². The number of pyridine rings is 1. The molecule has 1 N–H and O–H groups in total. The molecule has 1 aliphatic rings. The van der Waals surface area contributed by atoms with Gasteiger partial charge in [0.05, 0.1) is 24.9 Å². The lowest BCUT2D eigenvalue weighted by atomic mass is 10.1. The van der Waals surface area contributed by atoms with Crippen molar-refractivity contribution >= 4 is 11.6 Å². The number of nitrogens with one attached hydrogen (secondary N) is 1. The highest BCUT2D eigenvalue weighted by Crippen LogP contribution is 2.20. The maximum Gasteiger partial charge on any atom is 0.271 e. The molecule has 1 saturated heterocycles. The molecule has 0 radical (unpaired) electrons. The molecule has 3 atom stereocenters. The van der Waals surface area contributed by atoms with Gasteiger partial charge in [-0.25, -0.2) is 0 Å². The van der Waals surface area contributed by atoms with Crippen molar-refractivity contribution in [2.45, 2.75) is 38.5 Å². The molecule has 2 heterocycles. The van der Waals surface area contributed by atoms with E-state index in [1.807, 2.05) is 19.9 Å². The van der Waals surface area contributed by atoms with Crippen LogP contribution in [0.4, 0.5) is 5.69 Å². The Bertz CT molecular complexity index is 621. The quantitative estimate of drug-likeness (QED) is 0.876. The average Bonchev–Trinajstić information content (AvgIpc) is 2.54. The number of hydrogen-bond acceptors (Lipinski definition) is 6. The number of amides is 1. The maximum atomic E-state index is 12.4. The molecule has 0 spiro atoms. The van der Waals surface area contributed by atoms with Crippen molar-refractivity contribution in [3.63, 3.8) is 0 Å². The summed E-state index contributed by atoms with van der Waals surface area (Å²) in [6, 6.07) is 5.67. The molecule has 1 aliphatic heterocycles. The molecule has 1 fully saturated rings. The van der Waals surface area contributed by atoms with Gasteiger partial charge in [0, 0.05) is 32.1 Å². The summed E-state index contributed by atoms with van der Waals surface area (Å²) in [4.78, 5) is 18.7. The molecule has 24 heavy (non-hydrogen) atoms. The molecule has 1 amide bonds. The molecule has 2 rings (SSSR count). The van der Waals surface area contributed by atoms with Gasteiger partial charge in [-0.1, -0.05) is 0 Å². The Morgan fingerprint density at radius 3 is 2.79 bits per heavy atom. The zero-order valence-corrected chi connectivity index (χ0v) is 14.6. The van der Waals surface area contributed by atoms with E-state index in [0.29, 0.717) is 0 Å². The van der Waals surface area contributed by atoms with Crippen LogP contribution in [0.1, 0.15) is 31.3 Å². The van der Waals surface area contributed by atoms with E-state index in [2.05, 4.69) is 21.3 Å². The number of hydrogen-bond donors (Lipinski definition) is 1. The van der Waals surface area contributed by atoms with Crippen LogP contribution in [0.2, 0.25) is 0 Å². The summed E-state index contributed by atoms with van der Waals surface area (Å²) >= 11 is 0. The van der Waals surface area contributed by atoms with Gasteiger partial charge in [-0.2, -0.15) is 5.26 Å². The molecule has 3 unspecified atom stereocenters. The predicted molar refractivity (Wildman–Crippen MR) is 89.8 cm³/mol. The predicted octanol–water partition coefficient (Wildman–Crippen LogP) is 1.35. The monoisotopic (exact) mass is 332 g/mol. The van der Waals surface area contributed by atoms with Gasteiger partial charge in [0.2, 0.25) is 0 Å². The normalized spacial score (nSPS) is 23.2. The fraction of sp³-hybridized carbons (Fsp3) is 0.588. The third-order valence-electron chi connectivity index (χ3n) is 3.83. The zero-order valence-electron chi connectivity index (χ0n) is 14.6. The first-order chi connectivity index (χ1) is 11.4. The van der Waals surface area contributed by atoms with Gasteiger partial charge >= 0.3 is 0 Å². The van der Waals surface area contributed by atoms with Gasteiger partial charge in [-0.3, -0.25) is 9.78 Å². The van der Waals surface area contributed by atoms with Crippen molar-refractivity contribution in [1.82, 2.24) is 10.3 Å². The highest BCUT2D eigenvalue weighted by atomic mass is 16.5. The summed E-state index contributed by atoms with van der Waals surface area (Å²) in [6.45, 7) is 7.29. The van der Waals surface area contributed by atoms with E-state index in [9.17, 15) is 10.1 Å². The van der Waals surface area contributed by atoms with Gasteiger partial charge < -0.3 is 19.7 Å². The van der Waals surface area contributed by atoms with E-state index >= 15 is 0 Å². The first kappa shape index (κ1) is 18.2. The Morgan fingerprint density at radius 2 is 2.21 bits per heavy atom. The van der Waals surface area contributed by atoms with Gasteiger partial charge in [-0.15, -0.1) is 0 Å². The fourth-order valence-corrected chi connectivity index (χ4v) is 2.83. The number of ether oxygens (including phenoxy) is 2. The van der Waals surface area contributed by atoms with Crippen molar-refractivity contribution in [3.8, 4) is 6.07 Å². The zero-order chi connectivity index (χ0) is 17.7. The second-order valence-corrected chi connectivity index (χ2v) is 6.39. The molecule has 7 heteroatoms. The number of carbonyl (C=O) groups excluding carboxylic acids is 1. The molecule has 0 aliphatic carbocycles. The van der Waals surface area contributed by atoms with Crippen molar-refractivity contribution in [3.05, 3.63) is 24.0 Å². The standard InChI is InChI=1S/C17H24N4O3/c1-12-8-21(9-13(2)24-12)14-5-6-19-15(7-14)16(22)20-17(3,10-18)11-23-4/h5-7,12-13H,8-9,11H2,1-4H3,(H,20,22). The third-order valence-corrected chi connectivity index (χ3v) is 3.83. The minimum absolute atomic E-state index is 0.105. The lowest BCUT2D eigenvalue weighted by molar-refractivity contribution is -0.00522. The molecular weight excluding hydrogens is 308 g/mol. The van der Waals surface area contributed by atoms with Crippen molar-refractivity contribution in [2.75, 3.05) is 31.7 Å². The molecule has 0 saturated carbocycles. The number of methoxy groups -OCH3 is 1. The molecular formula is C17H24N4O3. The van der Waals surface area contributed by atoms with Crippen LogP contribution in [0.25, 0.3) is 0 Å². The minimum atomic E-state index is -1.09. The van der Waals surface area contributed by atoms with Crippen molar-refractivity contribution < 1.29 is 14.3 Å². The van der Waals surface area contributed by atoms with Crippen LogP contribution in [0, 0.1) is 11.3 Å². The lowest BCUT2D eigenvalue weighted by Crippen LogP contribution is -2.48. The Hall–Kier alpha value is -2.17. The maximum absolute atomic E-state index is 12.4. The summed E-state index contributed by atoms with van der Waals surface area (Å²) in [5, 5.41) is 11.9. The number of aromatic nitrogens is 1. The number of morpholine rings is 1. The lowest BCUT2D eigenvalue weighted by Gasteiger charge is -2.36. The Kier molecular flexibility index (Phi) is 5.75. The second kappa shape index (κ2) is 7.60. The van der Waals surface area contributed by atoms with Gasteiger partial charge in [0.1, 0.15) is 11.2 Å². The smallest absolute Gasteiger partial charge is 0.271 e. The highest BCUT2D eigenvalue weighted by Gasteiger charge is 2.28. The largest absolute Gasteiger partial charge is 0.381 e. The highest BCUT2D eigenvalue weighted by molar-refractivity contribution is 5.93. The van der Waals surface area contributed by atoms with E-state index in [-0.39, 0.29) is 24.5 Å². The summed E-state index contributed by atoms with van der Waals surface area (Å²) in [6.07, 6.45) is 1.86. The third kappa shape index (κ3) is 4.43.